The monoisotopic (exact) mass is 319 g/mol. The van der Waals surface area contributed by atoms with Crippen LogP contribution in [0.4, 0.5) is 0 Å². The second-order valence-corrected chi connectivity index (χ2v) is 7.32. The summed E-state index contributed by atoms with van der Waals surface area (Å²) in [6.07, 6.45) is 5.34. The second-order valence-electron chi connectivity index (χ2n) is 6.41. The fraction of sp³-hybridized carbons (Fsp3) is 0.438. The van der Waals surface area contributed by atoms with Crippen molar-refractivity contribution in [1.29, 1.82) is 0 Å². The Kier molecular flexibility index (Phi) is 4.81. The van der Waals surface area contributed by atoms with Gasteiger partial charge in [-0.3, -0.25) is 9.59 Å². The largest absolute Gasteiger partial charge is 0.347 e. The second kappa shape index (κ2) is 6.44. The molecule has 6 heteroatoms. The molecule has 1 atom stereocenters. The first-order valence-corrected chi connectivity index (χ1v) is 8.01. The summed E-state index contributed by atoms with van der Waals surface area (Å²) in [5.74, 6) is -0.168. The van der Waals surface area contributed by atoms with Crippen LogP contribution in [-0.4, -0.2) is 27.3 Å². The van der Waals surface area contributed by atoms with E-state index < -0.39 is 0 Å². The molecule has 118 valence electrons. The first-order valence-electron chi connectivity index (χ1n) is 7.13. The number of Topliss-reactive ketones (excluding diaryl/α,β-unsaturated/α-hetero) is 1. The predicted octanol–water partition coefficient (Wildman–Crippen LogP) is 2.99. The molecule has 1 N–H and O–H groups in total. The molecule has 0 bridgehead atoms. The quantitative estimate of drug-likeness (QED) is 0.862. The smallest absolute Gasteiger partial charge is 0.252 e. The van der Waals surface area contributed by atoms with Gasteiger partial charge in [-0.1, -0.05) is 20.8 Å². The summed E-state index contributed by atoms with van der Waals surface area (Å²) in [7, 11) is 0. The molecule has 0 saturated carbocycles. The van der Waals surface area contributed by atoms with Gasteiger partial charge in [-0.15, -0.1) is 11.3 Å². The number of amides is 1. The van der Waals surface area contributed by atoms with E-state index in [-0.39, 0.29) is 23.1 Å². The zero-order valence-electron chi connectivity index (χ0n) is 13.3. The van der Waals surface area contributed by atoms with Gasteiger partial charge in [0, 0.05) is 24.3 Å². The Morgan fingerprint density at radius 1 is 1.41 bits per heavy atom. The first kappa shape index (κ1) is 16.4. The summed E-state index contributed by atoms with van der Waals surface area (Å²) in [5.41, 5.74) is 0.439. The Hall–Kier alpha value is -1.95. The van der Waals surface area contributed by atoms with Crippen molar-refractivity contribution < 1.29 is 9.59 Å². The molecule has 0 unspecified atom stereocenters. The number of hydrogen-bond donors (Lipinski definition) is 1. The summed E-state index contributed by atoms with van der Waals surface area (Å²) in [4.78, 5) is 28.4. The highest BCUT2D eigenvalue weighted by Gasteiger charge is 2.27. The lowest BCUT2D eigenvalue weighted by Crippen LogP contribution is -2.46. The minimum atomic E-state index is -0.149. The van der Waals surface area contributed by atoms with Gasteiger partial charge < -0.3 is 9.88 Å². The maximum Gasteiger partial charge on any atom is 0.252 e. The SMILES string of the molecule is CC(=O)c1cc(C(=O)N[C@H](Cn2ccnc2)C(C)(C)C)cs1. The molecule has 2 heterocycles. The molecule has 0 saturated heterocycles. The number of imidazole rings is 1. The zero-order chi connectivity index (χ0) is 16.3. The van der Waals surface area contributed by atoms with Gasteiger partial charge in [-0.05, 0) is 18.4 Å². The molecule has 0 aliphatic carbocycles. The van der Waals surface area contributed by atoms with Crippen LogP contribution in [0.1, 0.15) is 47.7 Å². The minimum absolute atomic E-state index is 0.0187. The van der Waals surface area contributed by atoms with E-state index in [9.17, 15) is 9.59 Å². The lowest BCUT2D eigenvalue weighted by atomic mass is 9.86. The summed E-state index contributed by atoms with van der Waals surface area (Å²) < 4.78 is 1.95. The lowest BCUT2D eigenvalue weighted by molar-refractivity contribution is 0.0893. The van der Waals surface area contributed by atoms with Gasteiger partial charge in [0.15, 0.2) is 5.78 Å². The van der Waals surface area contributed by atoms with Gasteiger partial charge in [0.1, 0.15) is 0 Å². The lowest BCUT2D eigenvalue weighted by Gasteiger charge is -2.31. The number of ketones is 1. The van der Waals surface area contributed by atoms with E-state index >= 15 is 0 Å². The summed E-state index contributed by atoms with van der Waals surface area (Å²) in [6.45, 7) is 8.42. The third-order valence-electron chi connectivity index (χ3n) is 3.51. The number of thiophene rings is 1. The maximum absolute atomic E-state index is 12.4. The topological polar surface area (TPSA) is 64.0 Å². The van der Waals surface area contributed by atoms with Crippen molar-refractivity contribution >= 4 is 23.0 Å². The highest BCUT2D eigenvalue weighted by atomic mass is 32.1. The predicted molar refractivity (Wildman–Crippen MR) is 87.3 cm³/mol. The Balaban J connectivity index is 2.12. The minimum Gasteiger partial charge on any atom is -0.347 e. The highest BCUT2D eigenvalue weighted by molar-refractivity contribution is 7.12. The number of aromatic nitrogens is 2. The standard InChI is InChI=1S/C16H21N3O2S/c1-11(20)13-7-12(9-22-13)15(21)18-14(16(2,3)4)8-19-6-5-17-10-19/h5-7,9-10,14H,8H2,1-4H3,(H,18,21)/t14-/m1/s1. The van der Waals surface area contributed by atoms with Crippen LogP contribution >= 0.6 is 11.3 Å². The van der Waals surface area contributed by atoms with E-state index in [1.54, 1.807) is 24.0 Å². The molecule has 2 aromatic rings. The van der Waals surface area contributed by atoms with Crippen LogP contribution in [0.3, 0.4) is 0 Å². The molecule has 0 aromatic carbocycles. The molecule has 0 fully saturated rings. The third-order valence-corrected chi connectivity index (χ3v) is 4.54. The molecule has 0 spiro atoms. The van der Waals surface area contributed by atoms with Gasteiger partial charge in [-0.25, -0.2) is 4.98 Å². The van der Waals surface area contributed by atoms with E-state index in [1.807, 2.05) is 10.8 Å². The van der Waals surface area contributed by atoms with Crippen molar-refractivity contribution in [1.82, 2.24) is 14.9 Å². The number of carbonyl (C=O) groups excluding carboxylic acids is 2. The number of hydrogen-bond acceptors (Lipinski definition) is 4. The number of nitrogens with zero attached hydrogens (tertiary/aromatic N) is 2. The average Bonchev–Trinajstić information content (AvgIpc) is 3.08. The first-order chi connectivity index (χ1) is 10.3. The van der Waals surface area contributed by atoms with Crippen LogP contribution in [0.25, 0.3) is 0 Å². The molecule has 0 radical (unpaired) electrons. The van der Waals surface area contributed by atoms with Crippen LogP contribution in [0.15, 0.2) is 30.2 Å². The van der Waals surface area contributed by atoms with E-state index in [0.717, 1.165) is 0 Å². The molecule has 0 aliphatic rings. The van der Waals surface area contributed by atoms with Gasteiger partial charge in [0.05, 0.1) is 22.8 Å². The fourth-order valence-corrected chi connectivity index (χ4v) is 2.81. The van der Waals surface area contributed by atoms with E-state index in [4.69, 9.17) is 0 Å². The van der Waals surface area contributed by atoms with Crippen molar-refractivity contribution in [2.24, 2.45) is 5.41 Å². The van der Waals surface area contributed by atoms with E-state index in [2.05, 4.69) is 31.1 Å². The van der Waals surface area contributed by atoms with Crippen molar-refractivity contribution in [3.05, 3.63) is 40.6 Å². The van der Waals surface area contributed by atoms with Crippen molar-refractivity contribution in [2.45, 2.75) is 40.3 Å². The average molecular weight is 319 g/mol. The Morgan fingerprint density at radius 3 is 2.64 bits per heavy atom. The molecule has 0 aliphatic heterocycles. The molecule has 5 nitrogen and oxygen atoms in total. The number of rotatable bonds is 5. The fourth-order valence-electron chi connectivity index (χ4n) is 2.02. The Morgan fingerprint density at radius 2 is 2.14 bits per heavy atom. The van der Waals surface area contributed by atoms with Gasteiger partial charge in [0.2, 0.25) is 0 Å². The van der Waals surface area contributed by atoms with Crippen molar-refractivity contribution in [2.75, 3.05) is 0 Å². The van der Waals surface area contributed by atoms with Crippen LogP contribution in [0.5, 0.6) is 0 Å². The summed E-state index contributed by atoms with van der Waals surface area (Å²) in [6, 6.07) is 1.61. The maximum atomic E-state index is 12.4. The van der Waals surface area contributed by atoms with Crippen LogP contribution in [-0.2, 0) is 6.54 Å². The summed E-state index contributed by atoms with van der Waals surface area (Å²) in [5, 5.41) is 4.80. The van der Waals surface area contributed by atoms with E-state index in [0.29, 0.717) is 17.0 Å². The normalized spacial score (nSPS) is 12.9. The summed E-state index contributed by atoms with van der Waals surface area (Å²) >= 11 is 1.30. The molecule has 1 amide bonds. The van der Waals surface area contributed by atoms with Crippen molar-refractivity contribution in [3.63, 3.8) is 0 Å². The van der Waals surface area contributed by atoms with Crippen LogP contribution in [0, 0.1) is 5.41 Å². The Bertz CT molecular complexity index is 653. The van der Waals surface area contributed by atoms with Gasteiger partial charge in [0.25, 0.3) is 5.91 Å². The molecular weight excluding hydrogens is 298 g/mol. The third kappa shape index (κ3) is 4.04. The number of nitrogens with one attached hydrogen (secondary N) is 1. The highest BCUT2D eigenvalue weighted by Crippen LogP contribution is 2.22. The van der Waals surface area contributed by atoms with Gasteiger partial charge >= 0.3 is 0 Å². The van der Waals surface area contributed by atoms with Crippen molar-refractivity contribution in [3.8, 4) is 0 Å². The van der Waals surface area contributed by atoms with Crippen LogP contribution in [0.2, 0.25) is 0 Å². The molecule has 2 rings (SSSR count). The number of carbonyl (C=O) groups is 2. The molecular formula is C16H21N3O2S. The molecule has 22 heavy (non-hydrogen) atoms. The van der Waals surface area contributed by atoms with Gasteiger partial charge in [-0.2, -0.15) is 0 Å². The Labute approximate surface area is 134 Å². The molecule has 2 aromatic heterocycles. The van der Waals surface area contributed by atoms with Crippen LogP contribution < -0.4 is 5.32 Å². The zero-order valence-corrected chi connectivity index (χ0v) is 14.1. The van der Waals surface area contributed by atoms with E-state index in [1.165, 1.54) is 18.3 Å².